The van der Waals surface area contributed by atoms with Gasteiger partial charge in [-0.15, -0.1) is 10.2 Å². The molecule has 1 aromatic carbocycles. The number of carbonyl (C=O) groups excluding carboxylic acids is 1. The lowest BCUT2D eigenvalue weighted by Crippen LogP contribution is -2.15. The van der Waals surface area contributed by atoms with Crippen molar-refractivity contribution in [3.05, 3.63) is 35.2 Å². The highest BCUT2D eigenvalue weighted by molar-refractivity contribution is 7.99. The molecule has 0 bridgehead atoms. The van der Waals surface area contributed by atoms with E-state index in [-0.39, 0.29) is 5.91 Å². The number of aromatic nitrogens is 3. The summed E-state index contributed by atoms with van der Waals surface area (Å²) in [4.78, 5) is 12.2. The van der Waals surface area contributed by atoms with Gasteiger partial charge in [0.25, 0.3) is 0 Å². The van der Waals surface area contributed by atoms with Crippen LogP contribution in [0.5, 0.6) is 0 Å². The van der Waals surface area contributed by atoms with E-state index < -0.39 is 0 Å². The minimum atomic E-state index is -0.0206. The summed E-state index contributed by atoms with van der Waals surface area (Å²) < 4.78 is 2.11. The number of carbonyl (C=O) groups is 1. The number of anilines is 1. The zero-order valence-electron chi connectivity index (χ0n) is 14.2. The molecule has 1 heterocycles. The summed E-state index contributed by atoms with van der Waals surface area (Å²) in [5.74, 6) is 1.29. The molecule has 1 amide bonds. The van der Waals surface area contributed by atoms with E-state index in [0.717, 1.165) is 41.6 Å². The van der Waals surface area contributed by atoms with Gasteiger partial charge in [0.15, 0.2) is 5.16 Å². The van der Waals surface area contributed by atoms with E-state index in [4.69, 9.17) is 0 Å². The highest BCUT2D eigenvalue weighted by atomic mass is 32.2. The Morgan fingerprint density at radius 1 is 1.26 bits per heavy atom. The molecule has 0 aliphatic carbocycles. The van der Waals surface area contributed by atoms with E-state index in [1.807, 2.05) is 32.0 Å². The number of aryl methyl sites for hydroxylation is 2. The van der Waals surface area contributed by atoms with Crippen LogP contribution in [0.1, 0.15) is 37.2 Å². The largest absolute Gasteiger partial charge is 0.325 e. The molecule has 0 fully saturated rings. The van der Waals surface area contributed by atoms with Crippen LogP contribution in [-0.4, -0.2) is 26.4 Å². The van der Waals surface area contributed by atoms with Gasteiger partial charge in [0.1, 0.15) is 5.82 Å². The van der Waals surface area contributed by atoms with E-state index in [1.54, 1.807) is 0 Å². The third-order valence-electron chi connectivity index (χ3n) is 3.77. The summed E-state index contributed by atoms with van der Waals surface area (Å²) in [6.45, 7) is 9.14. The van der Waals surface area contributed by atoms with Gasteiger partial charge in [0.05, 0.1) is 5.75 Å². The zero-order chi connectivity index (χ0) is 16.8. The highest BCUT2D eigenvalue weighted by Crippen LogP contribution is 2.21. The van der Waals surface area contributed by atoms with Crippen LogP contribution in [0.2, 0.25) is 0 Å². The lowest BCUT2D eigenvalue weighted by Gasteiger charge is -2.10. The Balaban J connectivity index is 1.99. The quantitative estimate of drug-likeness (QED) is 0.787. The lowest BCUT2D eigenvalue weighted by atomic mass is 10.1. The Morgan fingerprint density at radius 2 is 2.04 bits per heavy atom. The number of thioether (sulfide) groups is 1. The van der Waals surface area contributed by atoms with E-state index >= 15 is 0 Å². The summed E-state index contributed by atoms with van der Waals surface area (Å²) in [5, 5.41) is 12.2. The number of rotatable bonds is 7. The van der Waals surface area contributed by atoms with Gasteiger partial charge in [-0.3, -0.25) is 4.79 Å². The van der Waals surface area contributed by atoms with Gasteiger partial charge in [0, 0.05) is 18.7 Å². The third kappa shape index (κ3) is 4.34. The van der Waals surface area contributed by atoms with Gasteiger partial charge >= 0.3 is 0 Å². The topological polar surface area (TPSA) is 59.8 Å². The van der Waals surface area contributed by atoms with Crippen LogP contribution >= 0.6 is 11.8 Å². The Labute approximate surface area is 141 Å². The predicted molar refractivity (Wildman–Crippen MR) is 95.0 cm³/mol. The summed E-state index contributed by atoms with van der Waals surface area (Å²) in [6, 6.07) is 5.93. The normalized spacial score (nSPS) is 10.8. The molecule has 1 N–H and O–H groups in total. The van der Waals surface area contributed by atoms with Gasteiger partial charge in [-0.1, -0.05) is 37.7 Å². The van der Waals surface area contributed by atoms with Gasteiger partial charge in [0.2, 0.25) is 5.91 Å². The minimum Gasteiger partial charge on any atom is -0.325 e. The first-order valence-electron chi connectivity index (χ1n) is 7.97. The maximum atomic E-state index is 12.2. The fraction of sp³-hybridized carbons (Fsp3) is 0.471. The SMILES string of the molecule is CCCn1c(CC)nnc1SCC(=O)Nc1cccc(C)c1C. The molecule has 0 aliphatic heterocycles. The Hall–Kier alpha value is -1.82. The van der Waals surface area contributed by atoms with E-state index in [2.05, 4.69) is 33.9 Å². The molecule has 2 rings (SSSR count). The van der Waals surface area contributed by atoms with Crippen molar-refractivity contribution in [3.63, 3.8) is 0 Å². The molecule has 1 aromatic heterocycles. The van der Waals surface area contributed by atoms with E-state index in [0.29, 0.717) is 5.75 Å². The number of nitrogens with zero attached hydrogens (tertiary/aromatic N) is 3. The highest BCUT2D eigenvalue weighted by Gasteiger charge is 2.13. The van der Waals surface area contributed by atoms with Crippen LogP contribution in [0.25, 0.3) is 0 Å². The Morgan fingerprint density at radius 3 is 2.74 bits per heavy atom. The number of benzene rings is 1. The van der Waals surface area contributed by atoms with Crippen LogP contribution in [0.3, 0.4) is 0 Å². The first-order chi connectivity index (χ1) is 11.1. The second-order valence-corrected chi connectivity index (χ2v) is 6.43. The van der Waals surface area contributed by atoms with Crippen LogP contribution in [-0.2, 0) is 17.8 Å². The smallest absolute Gasteiger partial charge is 0.234 e. The molecule has 0 saturated heterocycles. The predicted octanol–water partition coefficient (Wildman–Crippen LogP) is 3.60. The van der Waals surface area contributed by atoms with Crippen molar-refractivity contribution in [2.24, 2.45) is 0 Å². The molecule has 0 radical (unpaired) electrons. The molecule has 0 spiro atoms. The van der Waals surface area contributed by atoms with Crippen molar-refractivity contribution in [2.75, 3.05) is 11.1 Å². The molecular formula is C17H24N4OS. The van der Waals surface area contributed by atoms with Crippen LogP contribution in [0.15, 0.2) is 23.4 Å². The molecule has 0 atom stereocenters. The second-order valence-electron chi connectivity index (χ2n) is 5.49. The van der Waals surface area contributed by atoms with Gasteiger partial charge < -0.3 is 9.88 Å². The minimum absolute atomic E-state index is 0.0206. The van der Waals surface area contributed by atoms with Crippen molar-refractivity contribution in [1.82, 2.24) is 14.8 Å². The monoisotopic (exact) mass is 332 g/mol. The molecule has 6 heteroatoms. The maximum absolute atomic E-state index is 12.2. The molecule has 0 saturated carbocycles. The van der Waals surface area contributed by atoms with Crippen LogP contribution < -0.4 is 5.32 Å². The molecule has 5 nitrogen and oxygen atoms in total. The number of hydrogen-bond acceptors (Lipinski definition) is 4. The molecule has 23 heavy (non-hydrogen) atoms. The summed E-state index contributed by atoms with van der Waals surface area (Å²) in [7, 11) is 0. The Kier molecular flexibility index (Phi) is 6.21. The maximum Gasteiger partial charge on any atom is 0.234 e. The van der Waals surface area contributed by atoms with E-state index in [1.165, 1.54) is 17.3 Å². The van der Waals surface area contributed by atoms with Crippen molar-refractivity contribution < 1.29 is 4.79 Å². The Bertz CT molecular complexity index is 681. The average molecular weight is 332 g/mol. The fourth-order valence-corrected chi connectivity index (χ4v) is 3.12. The molecule has 2 aromatic rings. The molecule has 0 aliphatic rings. The second kappa shape index (κ2) is 8.15. The fourth-order valence-electron chi connectivity index (χ4n) is 2.34. The summed E-state index contributed by atoms with van der Waals surface area (Å²) in [5.41, 5.74) is 3.15. The molecule has 0 unspecified atom stereocenters. The standard InChI is InChI=1S/C17H24N4OS/c1-5-10-21-15(6-2)19-20-17(21)23-11-16(22)18-14-9-7-8-12(3)13(14)4/h7-9H,5-6,10-11H2,1-4H3,(H,18,22). The number of amides is 1. The summed E-state index contributed by atoms with van der Waals surface area (Å²) in [6.07, 6.45) is 1.87. The summed E-state index contributed by atoms with van der Waals surface area (Å²) >= 11 is 1.44. The van der Waals surface area contributed by atoms with Crippen LogP contribution in [0.4, 0.5) is 5.69 Å². The average Bonchev–Trinajstić information content (AvgIpc) is 2.92. The molecular weight excluding hydrogens is 308 g/mol. The van der Waals surface area contributed by atoms with E-state index in [9.17, 15) is 4.79 Å². The van der Waals surface area contributed by atoms with Crippen LogP contribution in [0, 0.1) is 13.8 Å². The van der Waals surface area contributed by atoms with Gasteiger partial charge in [-0.2, -0.15) is 0 Å². The molecule has 124 valence electrons. The number of hydrogen-bond donors (Lipinski definition) is 1. The van der Waals surface area contributed by atoms with Crippen molar-refractivity contribution in [1.29, 1.82) is 0 Å². The first-order valence-corrected chi connectivity index (χ1v) is 8.96. The van der Waals surface area contributed by atoms with Gasteiger partial charge in [-0.05, 0) is 37.5 Å². The number of nitrogens with one attached hydrogen (secondary N) is 1. The third-order valence-corrected chi connectivity index (χ3v) is 4.73. The van der Waals surface area contributed by atoms with Crippen molar-refractivity contribution >= 4 is 23.4 Å². The van der Waals surface area contributed by atoms with Crippen molar-refractivity contribution in [2.45, 2.75) is 52.2 Å². The van der Waals surface area contributed by atoms with Gasteiger partial charge in [-0.25, -0.2) is 0 Å². The lowest BCUT2D eigenvalue weighted by molar-refractivity contribution is -0.113. The zero-order valence-corrected chi connectivity index (χ0v) is 15.0. The van der Waals surface area contributed by atoms with Crippen molar-refractivity contribution in [3.8, 4) is 0 Å². The first kappa shape index (κ1) is 17.5.